The number of aliphatic hydroxyl groups excluding tert-OH is 1. The van der Waals surface area contributed by atoms with E-state index in [0.717, 1.165) is 38.3 Å². The molecule has 3 aromatic rings. The second kappa shape index (κ2) is 8.25. The first-order valence-corrected chi connectivity index (χ1v) is 9.44. The molecule has 0 amide bonds. The van der Waals surface area contributed by atoms with E-state index in [0.29, 0.717) is 0 Å². The quantitative estimate of drug-likeness (QED) is 0.293. The molecule has 0 fully saturated rings. The summed E-state index contributed by atoms with van der Waals surface area (Å²) in [5, 5.41) is 14.2. The molecule has 0 aliphatic heterocycles. The zero-order valence-electron chi connectivity index (χ0n) is 14.5. The molecule has 0 spiro atoms. The van der Waals surface area contributed by atoms with Crippen molar-refractivity contribution in [1.29, 1.82) is 0 Å². The van der Waals surface area contributed by atoms with Crippen molar-refractivity contribution in [2.75, 3.05) is 19.5 Å². The van der Waals surface area contributed by atoms with Gasteiger partial charge in [-0.1, -0.05) is 36.9 Å². The van der Waals surface area contributed by atoms with Crippen LogP contribution in [0.5, 0.6) is 5.75 Å². The number of hydrogen-bond acceptors (Lipinski definition) is 5. The lowest BCUT2D eigenvalue weighted by Gasteiger charge is -2.16. The predicted molar refractivity (Wildman–Crippen MR) is 106 cm³/mol. The summed E-state index contributed by atoms with van der Waals surface area (Å²) >= 11 is 1.66. The maximum Gasteiger partial charge on any atom is 0.330 e. The van der Waals surface area contributed by atoms with Crippen molar-refractivity contribution in [2.24, 2.45) is 0 Å². The Balaban J connectivity index is 1.93. The largest absolute Gasteiger partial charge is 0.489 e. The first-order chi connectivity index (χ1) is 12.6. The van der Waals surface area contributed by atoms with Gasteiger partial charge in [0.15, 0.2) is 0 Å². The van der Waals surface area contributed by atoms with Crippen LogP contribution in [0.25, 0.3) is 21.5 Å². The van der Waals surface area contributed by atoms with Crippen molar-refractivity contribution in [1.82, 2.24) is 0 Å². The molecule has 0 radical (unpaired) electrons. The molecule has 4 nitrogen and oxygen atoms in total. The number of ether oxygens (including phenoxy) is 2. The van der Waals surface area contributed by atoms with Gasteiger partial charge in [0, 0.05) is 21.7 Å². The second-order valence-electron chi connectivity index (χ2n) is 5.81. The fraction of sp³-hybridized carbons (Fsp3) is 0.190. The third-order valence-electron chi connectivity index (χ3n) is 4.03. The molecule has 26 heavy (non-hydrogen) atoms. The lowest BCUT2D eigenvalue weighted by Crippen LogP contribution is -2.24. The van der Waals surface area contributed by atoms with Crippen LogP contribution in [0.3, 0.4) is 0 Å². The van der Waals surface area contributed by atoms with Crippen molar-refractivity contribution < 1.29 is 19.4 Å². The summed E-state index contributed by atoms with van der Waals surface area (Å²) in [6, 6.07) is 16.3. The van der Waals surface area contributed by atoms with Crippen LogP contribution >= 0.6 is 11.8 Å². The minimum absolute atomic E-state index is 0.0248. The van der Waals surface area contributed by atoms with Crippen molar-refractivity contribution in [3.8, 4) is 5.75 Å². The average molecular weight is 368 g/mol. The van der Waals surface area contributed by atoms with Gasteiger partial charge in [-0.25, -0.2) is 4.79 Å². The maximum absolute atomic E-state index is 11.1. The Labute approximate surface area is 156 Å². The van der Waals surface area contributed by atoms with E-state index in [4.69, 9.17) is 9.47 Å². The van der Waals surface area contributed by atoms with Gasteiger partial charge in [0.05, 0.1) is 0 Å². The van der Waals surface area contributed by atoms with Gasteiger partial charge in [-0.15, -0.1) is 11.8 Å². The van der Waals surface area contributed by atoms with E-state index in [2.05, 4.69) is 30.8 Å². The van der Waals surface area contributed by atoms with Gasteiger partial charge in [0.2, 0.25) is 0 Å². The van der Waals surface area contributed by atoms with E-state index >= 15 is 0 Å². The molecular formula is C21H20O4S. The van der Waals surface area contributed by atoms with E-state index in [9.17, 15) is 9.90 Å². The van der Waals surface area contributed by atoms with E-state index in [-0.39, 0.29) is 13.2 Å². The first kappa shape index (κ1) is 18.3. The van der Waals surface area contributed by atoms with Gasteiger partial charge in [0.1, 0.15) is 25.1 Å². The molecule has 3 rings (SSSR count). The SMILES string of the molecule is C=CC(=O)OCC(O)COc1c2ccccc2cc2ccc(SC)cc12. The van der Waals surface area contributed by atoms with Crippen molar-refractivity contribution in [2.45, 2.75) is 11.0 Å². The number of carbonyl (C=O) groups excluding carboxylic acids is 1. The van der Waals surface area contributed by atoms with Crippen LogP contribution in [0.1, 0.15) is 0 Å². The number of aliphatic hydroxyl groups is 1. The summed E-state index contributed by atoms with van der Waals surface area (Å²) in [4.78, 5) is 12.3. The van der Waals surface area contributed by atoms with Gasteiger partial charge in [-0.3, -0.25) is 0 Å². The molecule has 0 bridgehead atoms. The normalized spacial score (nSPS) is 12.1. The molecule has 0 saturated carbocycles. The standard InChI is InChI=1S/C21H20O4S/c1-3-20(23)24-12-16(22)13-25-21-18-7-5-4-6-14(18)10-15-8-9-17(26-2)11-19(15)21/h3-11,16,22H,1,12-13H2,2H3. The van der Waals surface area contributed by atoms with Gasteiger partial charge >= 0.3 is 5.97 Å². The van der Waals surface area contributed by atoms with Crippen LogP contribution in [-0.4, -0.2) is 36.6 Å². The Morgan fingerprint density at radius 1 is 1.15 bits per heavy atom. The highest BCUT2D eigenvalue weighted by Crippen LogP contribution is 2.36. The Morgan fingerprint density at radius 3 is 2.69 bits per heavy atom. The zero-order valence-corrected chi connectivity index (χ0v) is 15.3. The first-order valence-electron chi connectivity index (χ1n) is 8.22. The van der Waals surface area contributed by atoms with Crippen LogP contribution < -0.4 is 4.74 Å². The number of thioether (sulfide) groups is 1. The summed E-state index contributed by atoms with van der Waals surface area (Å²) in [7, 11) is 0. The average Bonchev–Trinajstić information content (AvgIpc) is 2.68. The van der Waals surface area contributed by atoms with Gasteiger partial charge < -0.3 is 14.6 Å². The fourth-order valence-corrected chi connectivity index (χ4v) is 3.19. The minimum Gasteiger partial charge on any atom is -0.489 e. The summed E-state index contributed by atoms with van der Waals surface area (Å²) in [6.07, 6.45) is 2.17. The van der Waals surface area contributed by atoms with E-state index in [1.165, 1.54) is 0 Å². The third kappa shape index (κ3) is 4.00. The number of benzene rings is 3. The zero-order chi connectivity index (χ0) is 18.5. The Morgan fingerprint density at radius 2 is 1.92 bits per heavy atom. The van der Waals surface area contributed by atoms with Gasteiger partial charge in [0.25, 0.3) is 0 Å². The molecule has 1 unspecified atom stereocenters. The minimum atomic E-state index is -0.920. The van der Waals surface area contributed by atoms with Gasteiger partial charge in [-0.2, -0.15) is 0 Å². The number of hydrogen-bond donors (Lipinski definition) is 1. The molecule has 3 aromatic carbocycles. The second-order valence-corrected chi connectivity index (χ2v) is 6.69. The molecule has 134 valence electrons. The van der Waals surface area contributed by atoms with Crippen LogP contribution in [0.15, 0.2) is 66.1 Å². The Kier molecular flexibility index (Phi) is 5.81. The van der Waals surface area contributed by atoms with Crippen molar-refractivity contribution >= 4 is 39.3 Å². The maximum atomic E-state index is 11.1. The third-order valence-corrected chi connectivity index (χ3v) is 4.75. The summed E-state index contributed by atoms with van der Waals surface area (Å²) in [5.41, 5.74) is 0. The molecule has 0 aliphatic carbocycles. The number of rotatable bonds is 7. The van der Waals surface area contributed by atoms with Crippen LogP contribution in [-0.2, 0) is 9.53 Å². The number of esters is 1. The van der Waals surface area contributed by atoms with E-state index in [1.807, 2.05) is 30.5 Å². The fourth-order valence-electron chi connectivity index (χ4n) is 2.75. The summed E-state index contributed by atoms with van der Waals surface area (Å²) in [6.45, 7) is 3.22. The highest BCUT2D eigenvalue weighted by Gasteiger charge is 2.13. The summed E-state index contributed by atoms with van der Waals surface area (Å²) < 4.78 is 10.8. The Bertz CT molecular complexity index is 951. The highest BCUT2D eigenvalue weighted by molar-refractivity contribution is 7.98. The topological polar surface area (TPSA) is 55.8 Å². The molecule has 0 aromatic heterocycles. The molecule has 5 heteroatoms. The lowest BCUT2D eigenvalue weighted by molar-refractivity contribution is -0.141. The molecule has 0 saturated heterocycles. The van der Waals surface area contributed by atoms with Crippen molar-refractivity contribution in [3.05, 3.63) is 61.2 Å². The highest BCUT2D eigenvalue weighted by atomic mass is 32.2. The van der Waals surface area contributed by atoms with Crippen LogP contribution in [0.4, 0.5) is 0 Å². The molecule has 1 atom stereocenters. The lowest BCUT2D eigenvalue weighted by atomic mass is 10.0. The molecular weight excluding hydrogens is 348 g/mol. The van der Waals surface area contributed by atoms with Crippen molar-refractivity contribution in [3.63, 3.8) is 0 Å². The van der Waals surface area contributed by atoms with Gasteiger partial charge in [-0.05, 0) is 35.2 Å². The number of fused-ring (bicyclic) bond motifs is 2. The molecule has 1 N–H and O–H groups in total. The Hall–Kier alpha value is -2.50. The van der Waals surface area contributed by atoms with E-state index in [1.54, 1.807) is 11.8 Å². The molecule has 0 aliphatic rings. The van der Waals surface area contributed by atoms with E-state index < -0.39 is 12.1 Å². The smallest absolute Gasteiger partial charge is 0.330 e. The van der Waals surface area contributed by atoms with Crippen LogP contribution in [0.2, 0.25) is 0 Å². The van der Waals surface area contributed by atoms with Crippen LogP contribution in [0, 0.1) is 0 Å². The predicted octanol–water partition coefficient (Wildman–Crippen LogP) is 4.18. The monoisotopic (exact) mass is 368 g/mol. The summed E-state index contributed by atoms with van der Waals surface area (Å²) in [5.74, 6) is 0.160. The molecule has 0 heterocycles. The number of carbonyl (C=O) groups is 1.